The first-order valence-corrected chi connectivity index (χ1v) is 8.74. The standard InChI is InChI=1S/C19H24N4O/c1-21-11-9-17(19(21)24)23-12-8-15-16(10-13-23)22(2)20-18(15)14-6-4-3-5-7-14/h3-7,17H,8-13H2,1-2H3. The maximum atomic E-state index is 12.4. The average Bonchev–Trinajstić information content (AvgIpc) is 3.00. The molecule has 4 rings (SSSR count). The van der Waals surface area contributed by atoms with E-state index in [1.165, 1.54) is 16.8 Å². The molecule has 1 amide bonds. The second kappa shape index (κ2) is 6.06. The van der Waals surface area contributed by atoms with Crippen molar-refractivity contribution in [2.24, 2.45) is 7.05 Å². The van der Waals surface area contributed by atoms with Gasteiger partial charge in [0.05, 0.1) is 11.7 Å². The molecule has 1 aromatic heterocycles. The molecule has 0 saturated carbocycles. The molecule has 2 aliphatic heterocycles. The van der Waals surface area contributed by atoms with Crippen LogP contribution in [-0.2, 0) is 24.7 Å². The smallest absolute Gasteiger partial charge is 0.239 e. The van der Waals surface area contributed by atoms with Crippen LogP contribution in [0.25, 0.3) is 11.3 Å². The maximum absolute atomic E-state index is 12.4. The van der Waals surface area contributed by atoms with Crippen molar-refractivity contribution >= 4 is 5.91 Å². The highest BCUT2D eigenvalue weighted by atomic mass is 16.2. The molecular weight excluding hydrogens is 300 g/mol. The fourth-order valence-corrected chi connectivity index (χ4v) is 4.08. The van der Waals surface area contributed by atoms with Crippen molar-refractivity contribution in [2.45, 2.75) is 25.3 Å². The third kappa shape index (κ3) is 2.53. The van der Waals surface area contributed by atoms with Crippen molar-refractivity contribution in [3.63, 3.8) is 0 Å². The van der Waals surface area contributed by atoms with Crippen LogP contribution in [0.2, 0.25) is 0 Å². The molecule has 1 fully saturated rings. The first-order chi connectivity index (χ1) is 11.6. The van der Waals surface area contributed by atoms with Crippen molar-refractivity contribution in [2.75, 3.05) is 26.7 Å². The summed E-state index contributed by atoms with van der Waals surface area (Å²) in [6.07, 6.45) is 2.87. The highest BCUT2D eigenvalue weighted by Gasteiger charge is 2.35. The summed E-state index contributed by atoms with van der Waals surface area (Å²) in [5.41, 5.74) is 4.95. The van der Waals surface area contributed by atoms with Gasteiger partial charge in [-0.2, -0.15) is 5.10 Å². The Hall–Kier alpha value is -2.14. The largest absolute Gasteiger partial charge is 0.344 e. The first-order valence-electron chi connectivity index (χ1n) is 8.74. The molecule has 1 atom stereocenters. The van der Waals surface area contributed by atoms with Crippen molar-refractivity contribution in [1.29, 1.82) is 0 Å². The Morgan fingerprint density at radius 1 is 1.04 bits per heavy atom. The van der Waals surface area contributed by atoms with Crippen LogP contribution in [0.4, 0.5) is 0 Å². The van der Waals surface area contributed by atoms with E-state index < -0.39 is 0 Å². The number of likely N-dealkylation sites (tertiary alicyclic amines) is 1. The quantitative estimate of drug-likeness (QED) is 0.845. The van der Waals surface area contributed by atoms with Gasteiger partial charge in [-0.3, -0.25) is 14.4 Å². The molecule has 1 saturated heterocycles. The van der Waals surface area contributed by atoms with Crippen LogP contribution in [0.5, 0.6) is 0 Å². The number of aromatic nitrogens is 2. The highest BCUT2D eigenvalue weighted by molar-refractivity contribution is 5.83. The van der Waals surface area contributed by atoms with Gasteiger partial charge >= 0.3 is 0 Å². The Kier molecular flexibility index (Phi) is 3.88. The molecule has 1 aromatic carbocycles. The summed E-state index contributed by atoms with van der Waals surface area (Å²) >= 11 is 0. The summed E-state index contributed by atoms with van der Waals surface area (Å²) in [5, 5.41) is 4.78. The van der Waals surface area contributed by atoms with E-state index in [9.17, 15) is 4.79 Å². The zero-order chi connectivity index (χ0) is 16.7. The van der Waals surface area contributed by atoms with Crippen LogP contribution in [-0.4, -0.2) is 58.2 Å². The van der Waals surface area contributed by atoms with Gasteiger partial charge in [-0.15, -0.1) is 0 Å². The van der Waals surface area contributed by atoms with Gasteiger partial charge in [0.1, 0.15) is 0 Å². The van der Waals surface area contributed by atoms with Crippen molar-refractivity contribution in [3.8, 4) is 11.3 Å². The molecule has 0 radical (unpaired) electrons. The molecule has 2 aromatic rings. The minimum atomic E-state index is 0.0671. The van der Waals surface area contributed by atoms with Gasteiger partial charge in [0.15, 0.2) is 0 Å². The summed E-state index contributed by atoms with van der Waals surface area (Å²) in [6, 6.07) is 10.5. The average molecular weight is 324 g/mol. The van der Waals surface area contributed by atoms with E-state index in [2.05, 4.69) is 29.2 Å². The van der Waals surface area contributed by atoms with E-state index in [1.54, 1.807) is 0 Å². The van der Waals surface area contributed by atoms with Crippen LogP contribution >= 0.6 is 0 Å². The van der Waals surface area contributed by atoms with Crippen LogP contribution in [0.3, 0.4) is 0 Å². The highest BCUT2D eigenvalue weighted by Crippen LogP contribution is 2.29. The molecule has 126 valence electrons. The monoisotopic (exact) mass is 324 g/mol. The van der Waals surface area contributed by atoms with E-state index >= 15 is 0 Å². The molecule has 3 heterocycles. The molecule has 2 aliphatic rings. The Labute approximate surface area is 142 Å². The summed E-state index contributed by atoms with van der Waals surface area (Å²) < 4.78 is 2.03. The summed E-state index contributed by atoms with van der Waals surface area (Å²) in [4.78, 5) is 16.6. The van der Waals surface area contributed by atoms with Crippen LogP contribution in [0.15, 0.2) is 30.3 Å². The zero-order valence-electron chi connectivity index (χ0n) is 14.4. The lowest BCUT2D eigenvalue weighted by molar-refractivity contribution is -0.131. The van der Waals surface area contributed by atoms with E-state index in [-0.39, 0.29) is 11.9 Å². The van der Waals surface area contributed by atoms with Crippen molar-refractivity contribution in [1.82, 2.24) is 19.6 Å². The summed E-state index contributed by atoms with van der Waals surface area (Å²) in [6.45, 7) is 2.75. The Morgan fingerprint density at radius 3 is 2.50 bits per heavy atom. The van der Waals surface area contributed by atoms with Crippen molar-refractivity contribution < 1.29 is 4.79 Å². The number of hydrogen-bond acceptors (Lipinski definition) is 3. The third-order valence-corrected chi connectivity index (χ3v) is 5.45. The number of amides is 1. The molecule has 5 heteroatoms. The molecule has 1 unspecified atom stereocenters. The minimum Gasteiger partial charge on any atom is -0.344 e. The zero-order valence-corrected chi connectivity index (χ0v) is 14.4. The van der Waals surface area contributed by atoms with Gasteiger partial charge < -0.3 is 4.90 Å². The topological polar surface area (TPSA) is 41.4 Å². The number of carbonyl (C=O) groups is 1. The maximum Gasteiger partial charge on any atom is 0.239 e. The van der Waals surface area contributed by atoms with Gasteiger partial charge in [0.2, 0.25) is 5.91 Å². The van der Waals surface area contributed by atoms with Gasteiger partial charge in [-0.25, -0.2) is 0 Å². The van der Waals surface area contributed by atoms with Crippen LogP contribution in [0.1, 0.15) is 17.7 Å². The van der Waals surface area contributed by atoms with E-state index in [0.29, 0.717) is 0 Å². The lowest BCUT2D eigenvalue weighted by Gasteiger charge is -2.25. The van der Waals surface area contributed by atoms with Crippen molar-refractivity contribution in [3.05, 3.63) is 41.6 Å². The summed E-state index contributed by atoms with van der Waals surface area (Å²) in [5.74, 6) is 0.280. The molecule has 0 bridgehead atoms. The van der Waals surface area contributed by atoms with Gasteiger partial charge in [-0.05, 0) is 12.8 Å². The van der Waals surface area contributed by atoms with E-state index in [1.807, 2.05) is 29.7 Å². The fraction of sp³-hybridized carbons (Fsp3) is 0.474. The number of rotatable bonds is 2. The molecule has 24 heavy (non-hydrogen) atoms. The summed E-state index contributed by atoms with van der Waals surface area (Å²) in [7, 11) is 3.95. The Morgan fingerprint density at radius 2 is 1.79 bits per heavy atom. The SMILES string of the molecule is CN1CCC(N2CCc3c(-c4ccccc4)nn(C)c3CC2)C1=O. The number of hydrogen-bond donors (Lipinski definition) is 0. The second-order valence-corrected chi connectivity index (χ2v) is 6.86. The van der Waals surface area contributed by atoms with Gasteiger partial charge in [0.25, 0.3) is 0 Å². The predicted molar refractivity (Wildman–Crippen MR) is 93.7 cm³/mol. The number of benzene rings is 1. The number of aryl methyl sites for hydroxylation is 1. The minimum absolute atomic E-state index is 0.0671. The first kappa shape index (κ1) is 15.4. The van der Waals surface area contributed by atoms with E-state index in [0.717, 1.165) is 44.6 Å². The second-order valence-electron chi connectivity index (χ2n) is 6.86. The predicted octanol–water partition coefficient (Wildman–Crippen LogP) is 1.72. The van der Waals surface area contributed by atoms with Crippen LogP contribution in [0, 0.1) is 0 Å². The molecule has 0 N–H and O–H groups in total. The lowest BCUT2D eigenvalue weighted by atomic mass is 10.0. The molecule has 0 spiro atoms. The third-order valence-electron chi connectivity index (χ3n) is 5.45. The Balaban J connectivity index is 1.61. The Bertz CT molecular complexity index is 752. The number of likely N-dealkylation sites (N-methyl/N-ethyl adjacent to an activating group) is 1. The fourth-order valence-electron chi connectivity index (χ4n) is 4.08. The van der Waals surface area contributed by atoms with Crippen LogP contribution < -0.4 is 0 Å². The lowest BCUT2D eigenvalue weighted by Crippen LogP contribution is -2.42. The van der Waals surface area contributed by atoms with Gasteiger partial charge in [0, 0.05) is 57.0 Å². The van der Waals surface area contributed by atoms with E-state index in [4.69, 9.17) is 5.10 Å². The number of nitrogens with zero attached hydrogens (tertiary/aromatic N) is 4. The number of carbonyl (C=O) groups excluding carboxylic acids is 1. The normalized spacial score (nSPS) is 21.8. The molecule has 5 nitrogen and oxygen atoms in total. The van der Waals surface area contributed by atoms with Gasteiger partial charge in [-0.1, -0.05) is 30.3 Å². The molecule has 0 aliphatic carbocycles. The molecular formula is C19H24N4O. The number of fused-ring (bicyclic) bond motifs is 1.